The lowest BCUT2D eigenvalue weighted by molar-refractivity contribution is -0.254. The maximum Gasteiger partial charge on any atom is 0.380 e. The zero-order valence-electron chi connectivity index (χ0n) is 30.5. The molecule has 0 bridgehead atoms. The van der Waals surface area contributed by atoms with E-state index >= 15 is 26.3 Å². The fourth-order valence-electron chi connectivity index (χ4n) is 6.94. The largest absolute Gasteiger partial charge is 0.497 e. The molecule has 0 aliphatic heterocycles. The molecular weight excluding hydrogens is 727 g/mol. The zero-order valence-corrected chi connectivity index (χ0v) is 32.1. The number of ether oxygens (including phenoxy) is 2. The van der Waals surface area contributed by atoms with E-state index in [1.807, 2.05) is 65.8 Å². The first kappa shape index (κ1) is 37.1. The summed E-state index contributed by atoms with van der Waals surface area (Å²) in [5.41, 5.74) is -1.17. The van der Waals surface area contributed by atoms with Crippen LogP contribution in [0.4, 0.5) is 26.3 Å². The smallest absolute Gasteiger partial charge is 0.380 e. The van der Waals surface area contributed by atoms with E-state index in [1.165, 1.54) is 38.5 Å². The van der Waals surface area contributed by atoms with E-state index in [0.717, 1.165) is 33.8 Å². The van der Waals surface area contributed by atoms with Gasteiger partial charge in [-0.2, -0.15) is 26.3 Å². The van der Waals surface area contributed by atoms with Gasteiger partial charge in [-0.1, -0.05) is 90.1 Å². The molecule has 2 heterocycles. The number of halogens is 6. The number of hydrogen-bond donors (Lipinski definition) is 0. The molecule has 0 spiro atoms. The molecule has 6 aromatic rings. The number of rotatable bonds is 6. The van der Waals surface area contributed by atoms with Crippen LogP contribution >= 0.6 is 22.7 Å². The van der Waals surface area contributed by atoms with Gasteiger partial charge in [-0.15, -0.1) is 22.7 Å². The van der Waals surface area contributed by atoms with E-state index in [4.69, 9.17) is 9.47 Å². The predicted octanol–water partition coefficient (Wildman–Crippen LogP) is 13.9. The maximum atomic E-state index is 16.8. The van der Waals surface area contributed by atoms with Gasteiger partial charge < -0.3 is 9.47 Å². The molecule has 0 amide bonds. The Bertz CT molecular complexity index is 2240. The van der Waals surface area contributed by atoms with Crippen LogP contribution < -0.4 is 9.47 Å². The second kappa shape index (κ2) is 12.4. The van der Waals surface area contributed by atoms with Crippen molar-refractivity contribution in [3.8, 4) is 32.4 Å². The Hall–Kier alpha value is -4.28. The minimum absolute atomic E-state index is 0.142. The number of fused-ring (bicyclic) bond motifs is 2. The summed E-state index contributed by atoms with van der Waals surface area (Å²) in [4.78, 5) is 0.346. The van der Waals surface area contributed by atoms with Crippen LogP contribution in [0.3, 0.4) is 0 Å². The monoisotopic (exact) mass is 764 g/mol. The summed E-state index contributed by atoms with van der Waals surface area (Å²) in [6, 6.07) is 23.5. The fraction of sp³-hybridized carbons (Fsp3) is 0.302. The average molecular weight is 765 g/mol. The molecule has 0 unspecified atom stereocenters. The quantitative estimate of drug-likeness (QED) is 0.157. The van der Waals surface area contributed by atoms with Gasteiger partial charge in [0.2, 0.25) is 0 Å². The Morgan fingerprint density at radius 3 is 1.13 bits per heavy atom. The molecule has 0 fully saturated rings. The SMILES string of the molecule is COc1ccc2c(C3=C(c4c(-c5ccc(C(C)(C)C)cc5)sc5cc(OC)ccc45)C(F)(F)C(F)(F)C3(F)F)c(-c3ccc(C(C)(C)C)cc3)sc2c1. The highest BCUT2D eigenvalue weighted by atomic mass is 32.1. The zero-order chi connectivity index (χ0) is 38.5. The first-order valence-electron chi connectivity index (χ1n) is 17.0. The summed E-state index contributed by atoms with van der Waals surface area (Å²) in [6.45, 7) is 12.1. The Kier molecular flexibility index (Phi) is 8.66. The maximum absolute atomic E-state index is 16.8. The summed E-state index contributed by atoms with van der Waals surface area (Å²) in [5, 5.41) is 0.285. The van der Waals surface area contributed by atoms with Gasteiger partial charge in [0.1, 0.15) is 11.5 Å². The van der Waals surface area contributed by atoms with Crippen LogP contribution in [0, 0.1) is 0 Å². The molecule has 0 saturated heterocycles. The minimum atomic E-state index is -5.76. The highest BCUT2D eigenvalue weighted by Crippen LogP contribution is 2.68. The third kappa shape index (κ3) is 5.75. The van der Waals surface area contributed by atoms with Crippen LogP contribution in [-0.2, 0) is 10.8 Å². The number of methoxy groups -OCH3 is 2. The lowest BCUT2D eigenvalue weighted by Crippen LogP contribution is -2.48. The van der Waals surface area contributed by atoms with Gasteiger partial charge in [-0.25, -0.2) is 0 Å². The van der Waals surface area contributed by atoms with E-state index < -0.39 is 28.9 Å². The summed E-state index contributed by atoms with van der Waals surface area (Å²) in [5.74, 6) is -15.5. The number of thiophene rings is 2. The molecule has 2 aromatic heterocycles. The Balaban J connectivity index is 1.64. The molecule has 1 aliphatic carbocycles. The van der Waals surface area contributed by atoms with Crippen LogP contribution in [0.25, 0.3) is 52.2 Å². The number of hydrogen-bond acceptors (Lipinski definition) is 4. The number of allylic oxidation sites excluding steroid dienone is 2. The molecule has 7 rings (SSSR count). The molecule has 0 saturated carbocycles. The third-order valence-corrected chi connectivity index (χ3v) is 12.4. The second-order valence-electron chi connectivity index (χ2n) is 15.5. The van der Waals surface area contributed by atoms with Crippen molar-refractivity contribution in [3.05, 3.63) is 107 Å². The van der Waals surface area contributed by atoms with Crippen LogP contribution in [-0.4, -0.2) is 32.0 Å². The van der Waals surface area contributed by atoms with Crippen molar-refractivity contribution in [2.45, 2.75) is 70.1 Å². The average Bonchev–Trinajstić information content (AvgIpc) is 3.69. The number of alkyl halides is 6. The first-order valence-corrected chi connectivity index (χ1v) is 18.7. The van der Waals surface area contributed by atoms with Crippen LogP contribution in [0.5, 0.6) is 11.5 Å². The lowest BCUT2D eigenvalue weighted by atomic mass is 9.85. The molecule has 53 heavy (non-hydrogen) atoms. The highest BCUT2D eigenvalue weighted by molar-refractivity contribution is 7.23. The summed E-state index contributed by atoms with van der Waals surface area (Å²) in [6.07, 6.45) is 0. The fourth-order valence-corrected chi connectivity index (χ4v) is 9.43. The van der Waals surface area contributed by atoms with Gasteiger partial charge in [-0.3, -0.25) is 0 Å². The highest BCUT2D eigenvalue weighted by Gasteiger charge is 2.80. The van der Waals surface area contributed by atoms with Crippen molar-refractivity contribution in [2.24, 2.45) is 0 Å². The van der Waals surface area contributed by atoms with Crippen LogP contribution in [0.15, 0.2) is 84.9 Å². The van der Waals surface area contributed by atoms with E-state index in [9.17, 15) is 0 Å². The number of benzene rings is 4. The van der Waals surface area contributed by atoms with Gasteiger partial charge in [0.25, 0.3) is 0 Å². The standard InChI is InChI=1S/C43H38F6O2S2/c1-39(2,3)25-13-9-23(10-14-25)37-33(29-19-17-27(50-7)21-31(29)52-37)35-36(42(46,47)43(48,49)41(35,44)45)34-30-20-18-28(51-8)22-32(30)53-38(34)24-11-15-26(16-12-24)40(4,5)6/h9-22H,1-8H3. The van der Waals surface area contributed by atoms with Crippen molar-refractivity contribution < 1.29 is 35.8 Å². The van der Waals surface area contributed by atoms with Crippen molar-refractivity contribution in [2.75, 3.05) is 14.2 Å². The minimum Gasteiger partial charge on any atom is -0.497 e. The van der Waals surface area contributed by atoms with Crippen molar-refractivity contribution in [1.82, 2.24) is 0 Å². The molecular formula is C43H38F6O2S2. The van der Waals surface area contributed by atoms with Gasteiger partial charge in [-0.05, 0) is 69.5 Å². The summed E-state index contributed by atoms with van der Waals surface area (Å²) >= 11 is 2.14. The molecule has 10 heteroatoms. The molecule has 2 nitrogen and oxygen atoms in total. The van der Waals surface area contributed by atoms with Crippen LogP contribution in [0.1, 0.15) is 63.8 Å². The molecule has 276 valence electrons. The molecule has 0 radical (unpaired) electrons. The summed E-state index contributed by atoms with van der Waals surface area (Å²) in [7, 11) is 2.89. The van der Waals surface area contributed by atoms with E-state index in [-0.39, 0.29) is 42.5 Å². The van der Waals surface area contributed by atoms with Crippen LogP contribution in [0.2, 0.25) is 0 Å². The normalized spacial score (nSPS) is 16.9. The molecule has 0 N–H and O–H groups in total. The van der Waals surface area contributed by atoms with Crippen molar-refractivity contribution >= 4 is 54.0 Å². The Labute approximate surface area is 312 Å². The molecule has 4 aromatic carbocycles. The summed E-state index contributed by atoms with van der Waals surface area (Å²) < 4.78 is 111. The Morgan fingerprint density at radius 2 is 0.830 bits per heavy atom. The predicted molar refractivity (Wildman–Crippen MR) is 207 cm³/mol. The first-order chi connectivity index (χ1) is 24.7. The lowest BCUT2D eigenvalue weighted by Gasteiger charge is -2.26. The van der Waals surface area contributed by atoms with Gasteiger partial charge in [0, 0.05) is 52.2 Å². The van der Waals surface area contributed by atoms with E-state index in [1.54, 1.807) is 36.4 Å². The van der Waals surface area contributed by atoms with Crippen molar-refractivity contribution in [1.29, 1.82) is 0 Å². The Morgan fingerprint density at radius 1 is 0.491 bits per heavy atom. The van der Waals surface area contributed by atoms with E-state index in [0.29, 0.717) is 32.0 Å². The van der Waals surface area contributed by atoms with E-state index in [2.05, 4.69) is 0 Å². The molecule has 1 aliphatic rings. The third-order valence-electron chi connectivity index (χ3n) is 9.99. The second-order valence-corrected chi connectivity index (χ2v) is 17.6. The van der Waals surface area contributed by atoms with Crippen molar-refractivity contribution in [3.63, 3.8) is 0 Å². The topological polar surface area (TPSA) is 18.5 Å². The van der Waals surface area contributed by atoms with Gasteiger partial charge >= 0.3 is 17.8 Å². The van der Waals surface area contributed by atoms with Gasteiger partial charge in [0.05, 0.1) is 14.2 Å². The van der Waals surface area contributed by atoms with Gasteiger partial charge in [0.15, 0.2) is 0 Å². The molecule has 0 atom stereocenters.